The normalized spacial score (nSPS) is 43.0. The highest BCUT2D eigenvalue weighted by Crippen LogP contribution is 2.86. The summed E-state index contributed by atoms with van der Waals surface area (Å²) in [6.07, 6.45) is 0.0520. The number of ketones is 1. The lowest BCUT2D eigenvalue weighted by Crippen LogP contribution is -2.63. The summed E-state index contributed by atoms with van der Waals surface area (Å²) in [6.45, 7) is 13.5. The minimum atomic E-state index is -1.26. The van der Waals surface area contributed by atoms with Crippen LogP contribution in [0.25, 0.3) is 6.08 Å². The lowest BCUT2D eigenvalue weighted by Gasteiger charge is -2.60. The van der Waals surface area contributed by atoms with Crippen LogP contribution >= 0.6 is 0 Å². The second kappa shape index (κ2) is 8.62. The van der Waals surface area contributed by atoms with Gasteiger partial charge in [0.2, 0.25) is 0 Å². The first-order valence-corrected chi connectivity index (χ1v) is 13.5. The van der Waals surface area contributed by atoms with Crippen LogP contribution in [0.4, 0.5) is 0 Å². The zero-order valence-electron chi connectivity index (χ0n) is 22.8. The number of hydrogen-bond donors (Lipinski definition) is 2. The van der Waals surface area contributed by atoms with Crippen LogP contribution in [-0.2, 0) is 23.9 Å². The van der Waals surface area contributed by atoms with E-state index in [0.717, 1.165) is 5.56 Å². The summed E-state index contributed by atoms with van der Waals surface area (Å²) >= 11 is 0. The molecule has 9 atom stereocenters. The van der Waals surface area contributed by atoms with Crippen molar-refractivity contribution in [1.29, 1.82) is 0 Å². The first kappa shape index (κ1) is 26.8. The molecule has 0 heterocycles. The standard InChI is InChI=1S/C31H38O7/c1-17-22(33)16-21-27(37-19(3)32)31-18(2)23(38-24(34)13-12-20-10-8-7-9-11-20)14-15-29(31,6)25(35)26(36)30(17,31)28(21,4)5/h7-13,17,21,23,25-27,35-36H,2,14-16H2,1,3-6H3/b13-12+/t17-,21+,23+,25+,26+,27-,29+,30-,31-/m1/s1. The molecule has 4 fully saturated rings. The zero-order valence-corrected chi connectivity index (χ0v) is 22.8. The van der Waals surface area contributed by atoms with E-state index in [9.17, 15) is 24.6 Å². The maximum Gasteiger partial charge on any atom is 0.331 e. The Balaban J connectivity index is 1.64. The van der Waals surface area contributed by atoms with Crippen molar-refractivity contribution in [3.63, 3.8) is 0 Å². The topological polar surface area (TPSA) is 110 Å². The molecule has 0 radical (unpaired) electrons. The summed E-state index contributed by atoms with van der Waals surface area (Å²) in [5.74, 6) is -2.09. The molecule has 38 heavy (non-hydrogen) atoms. The summed E-state index contributed by atoms with van der Waals surface area (Å²) in [5, 5.41) is 23.6. The fraction of sp³-hybridized carbons (Fsp3) is 0.581. The molecule has 2 spiro atoms. The van der Waals surface area contributed by atoms with Gasteiger partial charge < -0.3 is 19.7 Å². The number of ether oxygens (including phenoxy) is 2. The molecular formula is C31H38O7. The van der Waals surface area contributed by atoms with E-state index < -0.39 is 63.9 Å². The van der Waals surface area contributed by atoms with Gasteiger partial charge >= 0.3 is 11.9 Å². The molecule has 4 aliphatic rings. The average molecular weight is 523 g/mol. The predicted molar refractivity (Wildman–Crippen MR) is 140 cm³/mol. The fourth-order valence-corrected chi connectivity index (χ4v) is 9.55. The molecule has 0 saturated heterocycles. The number of fused-ring (bicyclic) bond motifs is 1. The molecule has 7 heteroatoms. The Morgan fingerprint density at radius 1 is 1.08 bits per heavy atom. The van der Waals surface area contributed by atoms with E-state index in [-0.39, 0.29) is 18.1 Å². The second-order valence-electron chi connectivity index (χ2n) is 12.5. The Morgan fingerprint density at radius 3 is 2.37 bits per heavy atom. The minimum absolute atomic E-state index is 0.0310. The van der Waals surface area contributed by atoms with Crippen LogP contribution in [0.15, 0.2) is 48.6 Å². The van der Waals surface area contributed by atoms with E-state index >= 15 is 0 Å². The monoisotopic (exact) mass is 522 g/mol. The van der Waals surface area contributed by atoms with Crippen molar-refractivity contribution in [2.45, 2.75) is 78.3 Å². The van der Waals surface area contributed by atoms with Crippen LogP contribution < -0.4 is 0 Å². The third-order valence-corrected chi connectivity index (χ3v) is 10.9. The summed E-state index contributed by atoms with van der Waals surface area (Å²) < 4.78 is 12.1. The van der Waals surface area contributed by atoms with E-state index in [1.54, 1.807) is 6.08 Å². The Bertz CT molecular complexity index is 1220. The molecule has 5 rings (SSSR count). The summed E-state index contributed by atoms with van der Waals surface area (Å²) in [5.41, 5.74) is -2.65. The quantitative estimate of drug-likeness (QED) is 0.351. The van der Waals surface area contributed by atoms with Gasteiger partial charge in [-0.25, -0.2) is 4.79 Å². The molecule has 0 aliphatic heterocycles. The molecule has 0 amide bonds. The number of Topliss-reactive ketones (excluding diaryl/α,β-unsaturated/α-hetero) is 1. The van der Waals surface area contributed by atoms with Crippen molar-refractivity contribution in [2.24, 2.45) is 33.5 Å². The number of aliphatic hydroxyl groups is 2. The molecule has 204 valence electrons. The van der Waals surface area contributed by atoms with Gasteiger partial charge in [-0.15, -0.1) is 0 Å². The van der Waals surface area contributed by atoms with Gasteiger partial charge in [0.1, 0.15) is 18.0 Å². The fourth-order valence-electron chi connectivity index (χ4n) is 9.55. The van der Waals surface area contributed by atoms with E-state index in [1.165, 1.54) is 13.0 Å². The van der Waals surface area contributed by atoms with E-state index in [0.29, 0.717) is 18.4 Å². The number of carbonyl (C=O) groups is 3. The second-order valence-corrected chi connectivity index (χ2v) is 12.5. The number of esters is 2. The molecule has 2 N–H and O–H groups in total. The van der Waals surface area contributed by atoms with Gasteiger partial charge in [0, 0.05) is 47.5 Å². The van der Waals surface area contributed by atoms with Crippen LogP contribution in [0.1, 0.15) is 59.4 Å². The lowest BCUT2D eigenvalue weighted by molar-refractivity contribution is -0.180. The zero-order chi connectivity index (χ0) is 27.8. The van der Waals surface area contributed by atoms with E-state index in [2.05, 4.69) is 6.58 Å². The van der Waals surface area contributed by atoms with Gasteiger partial charge in [0.15, 0.2) is 0 Å². The summed E-state index contributed by atoms with van der Waals surface area (Å²) in [6, 6.07) is 9.40. The van der Waals surface area contributed by atoms with Crippen molar-refractivity contribution >= 4 is 23.8 Å². The Morgan fingerprint density at radius 2 is 1.74 bits per heavy atom. The third kappa shape index (κ3) is 3.00. The molecule has 2 bridgehead atoms. The Labute approximate surface area is 223 Å². The van der Waals surface area contributed by atoms with Crippen LogP contribution in [0.3, 0.4) is 0 Å². The molecule has 1 aromatic rings. The van der Waals surface area contributed by atoms with Gasteiger partial charge in [-0.3, -0.25) is 9.59 Å². The maximum atomic E-state index is 13.5. The number of rotatable bonds is 4. The molecule has 7 nitrogen and oxygen atoms in total. The molecular weight excluding hydrogens is 484 g/mol. The van der Waals surface area contributed by atoms with Gasteiger partial charge in [0.25, 0.3) is 0 Å². The maximum absolute atomic E-state index is 13.5. The first-order chi connectivity index (χ1) is 17.8. The number of aliphatic hydroxyl groups excluding tert-OH is 2. The van der Waals surface area contributed by atoms with Crippen molar-refractivity contribution in [3.05, 3.63) is 54.1 Å². The van der Waals surface area contributed by atoms with Gasteiger partial charge in [-0.1, -0.05) is 64.6 Å². The highest BCUT2D eigenvalue weighted by Gasteiger charge is 2.90. The third-order valence-electron chi connectivity index (χ3n) is 10.9. The highest BCUT2D eigenvalue weighted by atomic mass is 16.6. The first-order valence-electron chi connectivity index (χ1n) is 13.5. The lowest BCUT2D eigenvalue weighted by atomic mass is 9.42. The largest absolute Gasteiger partial charge is 0.461 e. The van der Waals surface area contributed by atoms with Crippen LogP contribution in [0, 0.1) is 33.5 Å². The Hall–Kier alpha value is -2.77. The van der Waals surface area contributed by atoms with Crippen LogP contribution in [0.2, 0.25) is 0 Å². The number of hydrogen-bond acceptors (Lipinski definition) is 7. The Kier molecular flexibility index (Phi) is 6.08. The average Bonchev–Trinajstić information content (AvgIpc) is 3.09. The molecule has 0 aromatic heterocycles. The molecule has 0 unspecified atom stereocenters. The minimum Gasteiger partial charge on any atom is -0.461 e. The van der Waals surface area contributed by atoms with E-state index in [1.807, 2.05) is 58.0 Å². The van der Waals surface area contributed by atoms with Crippen molar-refractivity contribution in [3.8, 4) is 0 Å². The summed E-state index contributed by atoms with van der Waals surface area (Å²) in [7, 11) is 0. The van der Waals surface area contributed by atoms with Crippen molar-refractivity contribution < 1.29 is 34.1 Å². The molecule has 4 aliphatic carbocycles. The number of benzene rings is 1. The smallest absolute Gasteiger partial charge is 0.331 e. The highest BCUT2D eigenvalue weighted by molar-refractivity contribution is 5.88. The van der Waals surface area contributed by atoms with Gasteiger partial charge in [-0.05, 0) is 35.5 Å². The SMILES string of the molecule is C=C1[C@@H](OC(=O)/C=C/c2ccccc2)CC[C@@]2(C)[C@@H](O)[C@H](O)[C@@]34[C@H](C)C(=O)C[C@@H]([C@@H](OC(C)=O)[C@@]132)C4(C)C. The van der Waals surface area contributed by atoms with Crippen LogP contribution in [-0.4, -0.2) is 52.4 Å². The van der Waals surface area contributed by atoms with E-state index in [4.69, 9.17) is 9.47 Å². The van der Waals surface area contributed by atoms with Gasteiger partial charge in [-0.2, -0.15) is 0 Å². The van der Waals surface area contributed by atoms with Crippen molar-refractivity contribution in [2.75, 3.05) is 0 Å². The van der Waals surface area contributed by atoms with Gasteiger partial charge in [0.05, 0.1) is 12.2 Å². The number of carbonyl (C=O) groups excluding carboxylic acids is 3. The van der Waals surface area contributed by atoms with Crippen LogP contribution in [0.5, 0.6) is 0 Å². The predicted octanol–water partition coefficient (Wildman–Crippen LogP) is 3.87. The summed E-state index contributed by atoms with van der Waals surface area (Å²) in [4.78, 5) is 38.9. The molecule has 4 saturated carbocycles. The molecule has 1 aromatic carbocycles. The van der Waals surface area contributed by atoms with Crippen molar-refractivity contribution in [1.82, 2.24) is 0 Å².